The van der Waals surface area contributed by atoms with Gasteiger partial charge in [0.15, 0.2) is 0 Å². The molecule has 2 aliphatic carbocycles. The second-order valence-electron chi connectivity index (χ2n) is 6.82. The fourth-order valence-electron chi connectivity index (χ4n) is 4.36. The molecule has 24 heavy (non-hydrogen) atoms. The van der Waals surface area contributed by atoms with Gasteiger partial charge in [-0.1, -0.05) is 72.8 Å². The van der Waals surface area contributed by atoms with Crippen LogP contribution in [0.4, 0.5) is 0 Å². The van der Waals surface area contributed by atoms with Crippen molar-refractivity contribution in [2.24, 2.45) is 0 Å². The molecule has 0 saturated heterocycles. The van der Waals surface area contributed by atoms with Crippen molar-refractivity contribution >= 4 is 11.6 Å². The molecule has 2 aliphatic rings. The predicted molar refractivity (Wildman–Crippen MR) is 101 cm³/mol. The molecule has 116 valence electrons. The van der Waals surface area contributed by atoms with E-state index < -0.39 is 0 Å². The first kappa shape index (κ1) is 13.8. The molecule has 0 saturated carbocycles. The molecule has 0 unspecified atom stereocenters. The third-order valence-corrected chi connectivity index (χ3v) is 5.46. The molecular weight excluding hydrogens is 288 g/mol. The first-order valence-electron chi connectivity index (χ1n) is 8.91. The first-order valence-corrected chi connectivity index (χ1v) is 8.91. The minimum Gasteiger partial charge on any atom is -0.0716 e. The summed E-state index contributed by atoms with van der Waals surface area (Å²) in [7, 11) is 0. The van der Waals surface area contributed by atoms with Crippen LogP contribution in [0.3, 0.4) is 0 Å². The third kappa shape index (κ3) is 2.06. The predicted octanol–water partition coefficient (Wildman–Crippen LogP) is 4.23. The Bertz CT molecular complexity index is 1040. The highest BCUT2D eigenvalue weighted by Gasteiger charge is 2.17. The highest BCUT2D eigenvalue weighted by Crippen LogP contribution is 2.27. The number of aryl methyl sites for hydroxylation is 1. The normalized spacial score (nSPS) is 15.1. The molecule has 3 aromatic rings. The fourth-order valence-corrected chi connectivity index (χ4v) is 4.36. The van der Waals surface area contributed by atoms with Gasteiger partial charge in [-0.25, -0.2) is 0 Å². The SMILES string of the molecule is C1=c2c(ccc3c2=C(c2ccccc2)CCC3)-c2ccccc2C1. The topological polar surface area (TPSA) is 0 Å². The van der Waals surface area contributed by atoms with Crippen molar-refractivity contribution in [1.82, 2.24) is 0 Å². The van der Waals surface area contributed by atoms with E-state index in [-0.39, 0.29) is 0 Å². The zero-order valence-corrected chi connectivity index (χ0v) is 13.8. The van der Waals surface area contributed by atoms with Crippen LogP contribution < -0.4 is 10.4 Å². The summed E-state index contributed by atoms with van der Waals surface area (Å²) in [6, 6.07) is 24.5. The lowest BCUT2D eigenvalue weighted by molar-refractivity contribution is 0.818. The van der Waals surface area contributed by atoms with Crippen molar-refractivity contribution in [3.05, 3.63) is 93.9 Å². The Kier molecular flexibility index (Phi) is 3.16. The van der Waals surface area contributed by atoms with Crippen molar-refractivity contribution in [3.8, 4) is 11.1 Å². The molecule has 0 radical (unpaired) electrons. The van der Waals surface area contributed by atoms with E-state index in [1.165, 1.54) is 63.1 Å². The lowest BCUT2D eigenvalue weighted by Crippen LogP contribution is -2.36. The molecule has 0 bridgehead atoms. The zero-order valence-electron chi connectivity index (χ0n) is 13.8. The molecule has 0 spiro atoms. The Morgan fingerprint density at radius 3 is 2.38 bits per heavy atom. The Balaban J connectivity index is 1.89. The molecule has 0 aliphatic heterocycles. The second-order valence-corrected chi connectivity index (χ2v) is 6.82. The van der Waals surface area contributed by atoms with Crippen LogP contribution in [0.15, 0.2) is 66.7 Å². The van der Waals surface area contributed by atoms with Crippen LogP contribution in [-0.4, -0.2) is 0 Å². The van der Waals surface area contributed by atoms with Gasteiger partial charge in [0.05, 0.1) is 0 Å². The van der Waals surface area contributed by atoms with Gasteiger partial charge < -0.3 is 0 Å². The maximum Gasteiger partial charge on any atom is -0.00818 e. The van der Waals surface area contributed by atoms with E-state index >= 15 is 0 Å². The van der Waals surface area contributed by atoms with Crippen LogP contribution in [-0.2, 0) is 12.8 Å². The number of fused-ring (bicyclic) bond motifs is 5. The standard InChI is InChI=1S/C24H20/c1-2-7-17(8-3-1)21-12-6-10-19-14-15-22-20-11-5-4-9-18(20)13-16-23(22)24(19)21/h1-5,7-9,11,14-16H,6,10,12-13H2. The molecule has 0 heteroatoms. The van der Waals surface area contributed by atoms with Crippen molar-refractivity contribution in [1.29, 1.82) is 0 Å². The van der Waals surface area contributed by atoms with E-state index in [1.807, 2.05) is 0 Å². The van der Waals surface area contributed by atoms with Gasteiger partial charge in [0, 0.05) is 0 Å². The summed E-state index contributed by atoms with van der Waals surface area (Å²) in [6.07, 6.45) is 7.14. The van der Waals surface area contributed by atoms with Crippen LogP contribution in [0.2, 0.25) is 0 Å². The summed E-state index contributed by atoms with van der Waals surface area (Å²) in [5, 5.41) is 2.98. The molecule has 0 amide bonds. The van der Waals surface area contributed by atoms with Crippen molar-refractivity contribution in [2.75, 3.05) is 0 Å². The van der Waals surface area contributed by atoms with Gasteiger partial charge in [0.2, 0.25) is 0 Å². The Hall–Kier alpha value is -2.60. The van der Waals surface area contributed by atoms with Crippen LogP contribution in [0.1, 0.15) is 29.5 Å². The summed E-state index contributed by atoms with van der Waals surface area (Å²) >= 11 is 0. The Morgan fingerprint density at radius 2 is 1.46 bits per heavy atom. The molecule has 0 N–H and O–H groups in total. The Labute approximate surface area is 142 Å². The smallest absolute Gasteiger partial charge is 0.00818 e. The first-order chi connectivity index (χ1) is 11.9. The third-order valence-electron chi connectivity index (χ3n) is 5.46. The van der Waals surface area contributed by atoms with Crippen LogP contribution >= 0.6 is 0 Å². The highest BCUT2D eigenvalue weighted by atomic mass is 14.2. The number of hydrogen-bond donors (Lipinski definition) is 0. The lowest BCUT2D eigenvalue weighted by atomic mass is 9.83. The zero-order chi connectivity index (χ0) is 15.9. The van der Waals surface area contributed by atoms with E-state index in [1.54, 1.807) is 0 Å². The van der Waals surface area contributed by atoms with E-state index in [4.69, 9.17) is 0 Å². The number of rotatable bonds is 1. The average molecular weight is 308 g/mol. The quantitative estimate of drug-likeness (QED) is 0.631. The monoisotopic (exact) mass is 308 g/mol. The summed E-state index contributed by atoms with van der Waals surface area (Å²) in [5.74, 6) is 0. The largest absolute Gasteiger partial charge is 0.0716 e. The van der Waals surface area contributed by atoms with Gasteiger partial charge in [0.25, 0.3) is 0 Å². The van der Waals surface area contributed by atoms with Gasteiger partial charge in [-0.2, -0.15) is 0 Å². The Morgan fingerprint density at radius 1 is 0.625 bits per heavy atom. The van der Waals surface area contributed by atoms with E-state index in [9.17, 15) is 0 Å². The molecule has 3 aromatic carbocycles. The summed E-state index contributed by atoms with van der Waals surface area (Å²) < 4.78 is 0. The van der Waals surface area contributed by atoms with Crippen LogP contribution in [0.25, 0.3) is 22.8 Å². The van der Waals surface area contributed by atoms with E-state index in [0.29, 0.717) is 0 Å². The maximum absolute atomic E-state index is 2.45. The van der Waals surface area contributed by atoms with E-state index in [0.717, 1.165) is 6.42 Å². The molecule has 0 aromatic heterocycles. The van der Waals surface area contributed by atoms with Crippen molar-refractivity contribution < 1.29 is 0 Å². The van der Waals surface area contributed by atoms with Gasteiger partial charge in [-0.05, 0) is 69.5 Å². The molecule has 5 rings (SSSR count). The fraction of sp³-hybridized carbons (Fsp3) is 0.167. The van der Waals surface area contributed by atoms with Crippen LogP contribution in [0, 0.1) is 0 Å². The van der Waals surface area contributed by atoms with Crippen LogP contribution in [0.5, 0.6) is 0 Å². The highest BCUT2D eigenvalue weighted by molar-refractivity contribution is 5.77. The van der Waals surface area contributed by atoms with Gasteiger partial charge in [0.1, 0.15) is 0 Å². The molecule has 0 heterocycles. The van der Waals surface area contributed by atoms with Crippen molar-refractivity contribution in [3.63, 3.8) is 0 Å². The summed E-state index contributed by atoms with van der Waals surface area (Å²) in [6.45, 7) is 0. The summed E-state index contributed by atoms with van der Waals surface area (Å²) in [4.78, 5) is 0. The van der Waals surface area contributed by atoms with Gasteiger partial charge >= 0.3 is 0 Å². The minimum atomic E-state index is 1.04. The average Bonchev–Trinajstić information content (AvgIpc) is 2.67. The summed E-state index contributed by atoms with van der Waals surface area (Å²) in [5.41, 5.74) is 8.71. The maximum atomic E-state index is 2.45. The molecule has 0 fully saturated rings. The number of benzene rings is 3. The van der Waals surface area contributed by atoms with Gasteiger partial charge in [-0.3, -0.25) is 0 Å². The van der Waals surface area contributed by atoms with E-state index in [2.05, 4.69) is 72.8 Å². The van der Waals surface area contributed by atoms with Gasteiger partial charge in [-0.15, -0.1) is 0 Å². The molecule has 0 atom stereocenters. The minimum absolute atomic E-state index is 1.04. The van der Waals surface area contributed by atoms with Crippen molar-refractivity contribution in [2.45, 2.75) is 25.7 Å². The molecular formula is C24H20. The molecule has 0 nitrogen and oxygen atoms in total. The number of hydrogen-bond acceptors (Lipinski definition) is 0. The second kappa shape index (κ2) is 5.49. The lowest BCUT2D eigenvalue weighted by Gasteiger charge is -2.21.